The molecule has 0 aliphatic carbocycles. The third-order valence-electron chi connectivity index (χ3n) is 3.84. The second-order valence-corrected chi connectivity index (χ2v) is 7.15. The van der Waals surface area contributed by atoms with Gasteiger partial charge in [-0.15, -0.1) is 0 Å². The molecule has 10 N–H and O–H groups in total. The van der Waals surface area contributed by atoms with Crippen molar-refractivity contribution in [2.45, 2.75) is 57.7 Å². The van der Waals surface area contributed by atoms with Gasteiger partial charge >= 0.3 is 5.97 Å². The van der Waals surface area contributed by atoms with Gasteiger partial charge in [0.15, 0.2) is 0 Å². The Balaban J connectivity index is 4.85. The van der Waals surface area contributed by atoms with Gasteiger partial charge in [-0.3, -0.25) is 24.0 Å². The molecule has 0 bridgehead atoms. The summed E-state index contributed by atoms with van der Waals surface area (Å²) in [6.45, 7) is 3.04. The summed E-state index contributed by atoms with van der Waals surface area (Å²) >= 11 is 0. The van der Waals surface area contributed by atoms with Gasteiger partial charge in [0.05, 0.1) is 19.0 Å². The quantitative estimate of drug-likeness (QED) is 0.147. The largest absolute Gasteiger partial charge is 0.480 e. The first-order chi connectivity index (χ1) is 13.8. The number of amides is 5. The smallest absolute Gasteiger partial charge is 0.326 e. The highest BCUT2D eigenvalue weighted by molar-refractivity contribution is 5.93. The lowest BCUT2D eigenvalue weighted by atomic mass is 10.0. The van der Waals surface area contributed by atoms with Crippen molar-refractivity contribution in [1.29, 1.82) is 0 Å². The van der Waals surface area contributed by atoms with Crippen molar-refractivity contribution in [3.63, 3.8) is 0 Å². The fraction of sp³-hybridized carbons (Fsp3) is 0.647. The molecule has 0 saturated carbocycles. The number of nitrogens with two attached hydrogens (primary N) is 3. The maximum atomic E-state index is 12.4. The topological polar surface area (TPSA) is 237 Å². The molecule has 0 heterocycles. The standard InChI is InChI=1S/C17H30N6O7/c1-8(2)5-10(23-15(27)9(18)3-4-12(19)24)16(28)21-7-14(26)22-11(17(29)30)6-13(20)25/h8-11H,3-7,18H2,1-2H3,(H2,19,24)(H2,20,25)(H,21,28)(H,22,26)(H,23,27)(H,29,30). The van der Waals surface area contributed by atoms with Crippen LogP contribution >= 0.6 is 0 Å². The first-order valence-corrected chi connectivity index (χ1v) is 9.25. The van der Waals surface area contributed by atoms with Crippen LogP contribution in [0, 0.1) is 5.92 Å². The molecule has 5 amide bonds. The van der Waals surface area contributed by atoms with Crippen LogP contribution in [0.1, 0.15) is 39.5 Å². The summed E-state index contributed by atoms with van der Waals surface area (Å²) < 4.78 is 0. The number of carboxylic acid groups (broad SMARTS) is 1. The van der Waals surface area contributed by atoms with Crippen LogP contribution in [0.5, 0.6) is 0 Å². The predicted molar refractivity (Wildman–Crippen MR) is 104 cm³/mol. The van der Waals surface area contributed by atoms with Crippen LogP contribution in [0.25, 0.3) is 0 Å². The highest BCUT2D eigenvalue weighted by atomic mass is 16.4. The second kappa shape index (κ2) is 13.1. The monoisotopic (exact) mass is 430 g/mol. The van der Waals surface area contributed by atoms with Crippen molar-refractivity contribution in [3.8, 4) is 0 Å². The van der Waals surface area contributed by atoms with Crippen molar-refractivity contribution in [2.75, 3.05) is 6.54 Å². The molecule has 0 rings (SSSR count). The second-order valence-electron chi connectivity index (χ2n) is 7.15. The third-order valence-corrected chi connectivity index (χ3v) is 3.84. The fourth-order valence-electron chi connectivity index (χ4n) is 2.35. The highest BCUT2D eigenvalue weighted by Gasteiger charge is 2.26. The average Bonchev–Trinajstić information content (AvgIpc) is 2.61. The van der Waals surface area contributed by atoms with E-state index < -0.39 is 66.6 Å². The van der Waals surface area contributed by atoms with E-state index >= 15 is 0 Å². The summed E-state index contributed by atoms with van der Waals surface area (Å²) in [6.07, 6.45) is -0.451. The van der Waals surface area contributed by atoms with Crippen LogP contribution < -0.4 is 33.2 Å². The van der Waals surface area contributed by atoms with E-state index in [0.29, 0.717) is 0 Å². The van der Waals surface area contributed by atoms with Gasteiger partial charge < -0.3 is 38.3 Å². The first kappa shape index (κ1) is 26.8. The molecule has 0 aromatic rings. The zero-order valence-electron chi connectivity index (χ0n) is 17.0. The van der Waals surface area contributed by atoms with Gasteiger partial charge in [0, 0.05) is 6.42 Å². The summed E-state index contributed by atoms with van der Waals surface area (Å²) in [7, 11) is 0. The van der Waals surface area contributed by atoms with Gasteiger partial charge in [0.25, 0.3) is 0 Å². The van der Waals surface area contributed by atoms with Crippen LogP contribution in [-0.2, 0) is 28.8 Å². The van der Waals surface area contributed by atoms with Gasteiger partial charge in [-0.25, -0.2) is 4.79 Å². The van der Waals surface area contributed by atoms with Gasteiger partial charge in [-0.05, 0) is 18.8 Å². The molecule has 3 atom stereocenters. The molecule has 13 heteroatoms. The Bertz CT molecular complexity index is 667. The van der Waals surface area contributed by atoms with Gasteiger partial charge in [0.1, 0.15) is 12.1 Å². The molecular formula is C17H30N6O7. The lowest BCUT2D eigenvalue weighted by Gasteiger charge is -2.22. The van der Waals surface area contributed by atoms with E-state index in [1.54, 1.807) is 0 Å². The van der Waals surface area contributed by atoms with E-state index in [1.165, 1.54) is 0 Å². The number of hydrogen-bond acceptors (Lipinski definition) is 7. The molecule has 0 aromatic carbocycles. The van der Waals surface area contributed by atoms with Crippen molar-refractivity contribution in [2.24, 2.45) is 23.1 Å². The van der Waals surface area contributed by atoms with E-state index in [9.17, 15) is 28.8 Å². The molecule has 0 radical (unpaired) electrons. The zero-order chi connectivity index (χ0) is 23.4. The lowest BCUT2D eigenvalue weighted by Crippen LogP contribution is -2.54. The molecule has 0 aromatic heterocycles. The Hall–Kier alpha value is -3.22. The molecule has 0 spiro atoms. The minimum Gasteiger partial charge on any atom is -0.480 e. The van der Waals surface area contributed by atoms with E-state index in [2.05, 4.69) is 16.0 Å². The summed E-state index contributed by atoms with van der Waals surface area (Å²) in [6, 6.07) is -3.58. The Morgan fingerprint density at radius 3 is 1.97 bits per heavy atom. The minimum absolute atomic E-state index is 0.00341. The summed E-state index contributed by atoms with van der Waals surface area (Å²) in [5.74, 6) is -5.18. The van der Waals surface area contributed by atoms with Crippen molar-refractivity contribution in [1.82, 2.24) is 16.0 Å². The summed E-state index contributed by atoms with van der Waals surface area (Å²) in [5, 5.41) is 15.8. The van der Waals surface area contributed by atoms with Crippen LogP contribution in [0.3, 0.4) is 0 Å². The van der Waals surface area contributed by atoms with Crippen molar-refractivity contribution < 1.29 is 33.9 Å². The molecule has 0 fully saturated rings. The van der Waals surface area contributed by atoms with Crippen LogP contribution in [0.2, 0.25) is 0 Å². The van der Waals surface area contributed by atoms with E-state index in [4.69, 9.17) is 22.3 Å². The van der Waals surface area contributed by atoms with Gasteiger partial charge in [-0.2, -0.15) is 0 Å². The predicted octanol–water partition coefficient (Wildman–Crippen LogP) is -3.33. The maximum Gasteiger partial charge on any atom is 0.326 e. The highest BCUT2D eigenvalue weighted by Crippen LogP contribution is 2.06. The van der Waals surface area contributed by atoms with Crippen LogP contribution in [0.4, 0.5) is 0 Å². The molecule has 0 aliphatic rings. The van der Waals surface area contributed by atoms with Gasteiger partial charge in [-0.1, -0.05) is 13.8 Å². The minimum atomic E-state index is -1.53. The summed E-state index contributed by atoms with van der Waals surface area (Å²) in [5.41, 5.74) is 15.6. The molecule has 30 heavy (non-hydrogen) atoms. The average molecular weight is 430 g/mol. The number of hydrogen-bond donors (Lipinski definition) is 7. The number of rotatable bonds is 14. The molecule has 170 valence electrons. The van der Waals surface area contributed by atoms with E-state index in [-0.39, 0.29) is 25.2 Å². The van der Waals surface area contributed by atoms with Gasteiger partial charge in [0.2, 0.25) is 29.5 Å². The zero-order valence-corrected chi connectivity index (χ0v) is 17.0. The molecular weight excluding hydrogens is 400 g/mol. The Kier molecular flexibility index (Phi) is 11.7. The number of aliphatic carboxylic acids is 1. The van der Waals surface area contributed by atoms with E-state index in [0.717, 1.165) is 0 Å². The van der Waals surface area contributed by atoms with Crippen molar-refractivity contribution >= 4 is 35.5 Å². The summed E-state index contributed by atoms with van der Waals surface area (Å²) in [4.78, 5) is 69.1. The molecule has 3 unspecified atom stereocenters. The normalized spacial score (nSPS) is 13.6. The lowest BCUT2D eigenvalue weighted by molar-refractivity contribution is -0.143. The maximum absolute atomic E-state index is 12.4. The Labute approximate surface area is 173 Å². The number of carbonyl (C=O) groups excluding carboxylic acids is 5. The fourth-order valence-corrected chi connectivity index (χ4v) is 2.35. The molecule has 0 saturated heterocycles. The number of primary amides is 2. The van der Waals surface area contributed by atoms with Crippen LogP contribution in [-0.4, -0.2) is 65.3 Å². The Morgan fingerprint density at radius 1 is 0.900 bits per heavy atom. The molecule has 0 aliphatic heterocycles. The van der Waals surface area contributed by atoms with Crippen molar-refractivity contribution in [3.05, 3.63) is 0 Å². The van der Waals surface area contributed by atoms with Crippen LogP contribution in [0.15, 0.2) is 0 Å². The number of carboxylic acids is 1. The SMILES string of the molecule is CC(C)CC(NC(=O)C(N)CCC(N)=O)C(=O)NCC(=O)NC(CC(N)=O)C(=O)O. The Morgan fingerprint density at radius 2 is 1.50 bits per heavy atom. The number of carbonyl (C=O) groups is 6. The molecule has 13 nitrogen and oxygen atoms in total. The van der Waals surface area contributed by atoms with E-state index in [1.807, 2.05) is 13.8 Å². The number of nitrogens with one attached hydrogen (secondary N) is 3. The third kappa shape index (κ3) is 11.6. The first-order valence-electron chi connectivity index (χ1n) is 9.25.